The standard InChI is InChI=1S/C25H29N3S2/c1-16-5-10-20-21(11-16)30-22(27-20)17-6-8-18(9-7-17)26-23(29)28-15-25(4)13-19(28)12-24(2,3)14-25/h5-11,19H,12-15H2,1-4H3,(H,26,29)/t19-,25-/m0/s1. The molecule has 2 aromatic carbocycles. The Balaban J connectivity index is 1.31. The van der Waals surface area contributed by atoms with Crippen LogP contribution < -0.4 is 5.32 Å². The van der Waals surface area contributed by atoms with Crippen molar-refractivity contribution in [2.45, 2.75) is 53.0 Å². The number of fused-ring (bicyclic) bond motifs is 3. The molecule has 1 saturated heterocycles. The Morgan fingerprint density at radius 3 is 2.67 bits per heavy atom. The number of aryl methyl sites for hydroxylation is 1. The van der Waals surface area contributed by atoms with E-state index in [-0.39, 0.29) is 0 Å². The van der Waals surface area contributed by atoms with Gasteiger partial charge in [-0.25, -0.2) is 4.98 Å². The molecule has 5 heteroatoms. The molecule has 1 saturated carbocycles. The Labute approximate surface area is 188 Å². The number of likely N-dealkylation sites (tertiary alicyclic amines) is 1. The van der Waals surface area contributed by atoms with Gasteiger partial charge in [-0.3, -0.25) is 0 Å². The summed E-state index contributed by atoms with van der Waals surface area (Å²) >= 11 is 7.58. The van der Waals surface area contributed by atoms with Crippen molar-refractivity contribution >= 4 is 44.6 Å². The highest BCUT2D eigenvalue weighted by atomic mass is 32.1. The van der Waals surface area contributed by atoms with Gasteiger partial charge in [-0.2, -0.15) is 0 Å². The minimum absolute atomic E-state index is 0.382. The zero-order valence-electron chi connectivity index (χ0n) is 18.2. The first-order chi connectivity index (χ1) is 14.2. The minimum atomic E-state index is 0.382. The average Bonchev–Trinajstić information content (AvgIpc) is 3.19. The SMILES string of the molecule is Cc1ccc2nc(-c3ccc(NC(=S)N4C[C@@]5(C)C[C@@H]4CC(C)(C)C5)cc3)sc2c1. The molecular weight excluding hydrogens is 406 g/mol. The fourth-order valence-electron chi connectivity index (χ4n) is 5.74. The van der Waals surface area contributed by atoms with E-state index in [9.17, 15) is 0 Å². The normalized spacial score (nSPS) is 24.9. The fraction of sp³-hybridized carbons (Fsp3) is 0.440. The number of hydrogen-bond acceptors (Lipinski definition) is 3. The maximum atomic E-state index is 5.83. The van der Waals surface area contributed by atoms with E-state index < -0.39 is 0 Å². The Morgan fingerprint density at radius 2 is 1.90 bits per heavy atom. The summed E-state index contributed by atoms with van der Waals surface area (Å²) in [6.07, 6.45) is 3.76. The van der Waals surface area contributed by atoms with Gasteiger partial charge < -0.3 is 10.2 Å². The van der Waals surface area contributed by atoms with E-state index in [2.05, 4.69) is 80.4 Å². The van der Waals surface area contributed by atoms with Gasteiger partial charge >= 0.3 is 0 Å². The van der Waals surface area contributed by atoms with Gasteiger partial charge in [0.25, 0.3) is 0 Å². The van der Waals surface area contributed by atoms with Crippen molar-refractivity contribution in [1.29, 1.82) is 0 Å². The minimum Gasteiger partial charge on any atom is -0.345 e. The molecule has 2 atom stereocenters. The van der Waals surface area contributed by atoms with Gasteiger partial charge in [-0.1, -0.05) is 26.8 Å². The number of thiocarbonyl (C=S) groups is 1. The molecule has 156 valence electrons. The molecule has 3 aromatic rings. The fourth-order valence-corrected chi connectivity index (χ4v) is 7.14. The van der Waals surface area contributed by atoms with Gasteiger partial charge in [0.2, 0.25) is 0 Å². The molecule has 2 aliphatic rings. The van der Waals surface area contributed by atoms with Crippen molar-refractivity contribution in [2.24, 2.45) is 10.8 Å². The van der Waals surface area contributed by atoms with Crippen molar-refractivity contribution in [1.82, 2.24) is 9.88 Å². The van der Waals surface area contributed by atoms with Gasteiger partial charge in [-0.05, 0) is 91.2 Å². The van der Waals surface area contributed by atoms with E-state index in [0.717, 1.165) is 33.4 Å². The number of rotatable bonds is 2. The molecule has 0 spiro atoms. The number of nitrogens with zero attached hydrogens (tertiary/aromatic N) is 2. The molecule has 1 aromatic heterocycles. The summed E-state index contributed by atoms with van der Waals surface area (Å²) in [6.45, 7) is 10.4. The molecule has 2 fully saturated rings. The zero-order valence-corrected chi connectivity index (χ0v) is 19.8. The van der Waals surface area contributed by atoms with E-state index in [4.69, 9.17) is 17.2 Å². The first-order valence-corrected chi connectivity index (χ1v) is 12.0. The third-order valence-electron chi connectivity index (χ3n) is 6.60. The first-order valence-electron chi connectivity index (χ1n) is 10.8. The number of anilines is 1. The highest BCUT2D eigenvalue weighted by Gasteiger charge is 2.50. The predicted octanol–water partition coefficient (Wildman–Crippen LogP) is 6.87. The molecule has 0 unspecified atom stereocenters. The van der Waals surface area contributed by atoms with Crippen LogP contribution in [0.2, 0.25) is 0 Å². The van der Waals surface area contributed by atoms with E-state index in [0.29, 0.717) is 16.9 Å². The summed E-state index contributed by atoms with van der Waals surface area (Å²) in [6, 6.07) is 15.5. The van der Waals surface area contributed by atoms with Crippen LogP contribution in [0.1, 0.15) is 45.6 Å². The number of benzene rings is 2. The second-order valence-corrected chi connectivity index (χ2v) is 11.8. The molecule has 1 aliphatic carbocycles. The summed E-state index contributed by atoms with van der Waals surface area (Å²) in [5, 5.41) is 5.42. The second kappa shape index (κ2) is 7.03. The Morgan fingerprint density at radius 1 is 1.13 bits per heavy atom. The molecule has 2 heterocycles. The Kier molecular flexibility index (Phi) is 4.67. The van der Waals surface area contributed by atoms with Crippen molar-refractivity contribution in [3.8, 4) is 10.6 Å². The summed E-state index contributed by atoms with van der Waals surface area (Å²) in [5.41, 5.74) is 5.32. The van der Waals surface area contributed by atoms with E-state index in [1.165, 1.54) is 29.5 Å². The van der Waals surface area contributed by atoms with Gasteiger partial charge in [0, 0.05) is 23.8 Å². The summed E-state index contributed by atoms with van der Waals surface area (Å²) in [5.74, 6) is 0. The molecule has 5 rings (SSSR count). The summed E-state index contributed by atoms with van der Waals surface area (Å²) < 4.78 is 1.24. The second-order valence-electron chi connectivity index (χ2n) is 10.3. The lowest BCUT2D eigenvalue weighted by Crippen LogP contribution is -2.39. The monoisotopic (exact) mass is 435 g/mol. The van der Waals surface area contributed by atoms with Crippen LogP contribution in [-0.4, -0.2) is 27.6 Å². The van der Waals surface area contributed by atoms with Crippen LogP contribution in [0.5, 0.6) is 0 Å². The lowest BCUT2D eigenvalue weighted by molar-refractivity contribution is 0.132. The Bertz CT molecular complexity index is 1120. The molecule has 3 nitrogen and oxygen atoms in total. The zero-order chi connectivity index (χ0) is 21.1. The third-order valence-corrected chi connectivity index (χ3v) is 8.01. The van der Waals surface area contributed by atoms with Crippen molar-refractivity contribution in [2.75, 3.05) is 11.9 Å². The molecule has 2 bridgehead atoms. The van der Waals surface area contributed by atoms with Crippen LogP contribution in [0.25, 0.3) is 20.8 Å². The van der Waals surface area contributed by atoms with Crippen molar-refractivity contribution < 1.29 is 0 Å². The Hall–Kier alpha value is -1.98. The molecular formula is C25H29N3S2. The first kappa shape index (κ1) is 20.0. The maximum Gasteiger partial charge on any atom is 0.173 e. The van der Waals surface area contributed by atoms with Crippen LogP contribution in [0.4, 0.5) is 5.69 Å². The van der Waals surface area contributed by atoms with Crippen LogP contribution in [-0.2, 0) is 0 Å². The van der Waals surface area contributed by atoms with Crippen LogP contribution >= 0.6 is 23.6 Å². The van der Waals surface area contributed by atoms with E-state index >= 15 is 0 Å². The average molecular weight is 436 g/mol. The third kappa shape index (κ3) is 3.74. The largest absolute Gasteiger partial charge is 0.345 e. The van der Waals surface area contributed by atoms with E-state index in [1.54, 1.807) is 11.3 Å². The lowest BCUT2D eigenvalue weighted by atomic mass is 9.65. The smallest absolute Gasteiger partial charge is 0.173 e. The van der Waals surface area contributed by atoms with E-state index in [1.807, 2.05) is 0 Å². The number of nitrogens with one attached hydrogen (secondary N) is 1. The maximum absolute atomic E-state index is 5.83. The van der Waals surface area contributed by atoms with Crippen molar-refractivity contribution in [3.63, 3.8) is 0 Å². The summed E-state index contributed by atoms with van der Waals surface area (Å²) in [4.78, 5) is 7.24. The molecule has 1 N–H and O–H groups in total. The molecule has 1 aliphatic heterocycles. The van der Waals surface area contributed by atoms with Gasteiger partial charge in [0.1, 0.15) is 5.01 Å². The van der Waals surface area contributed by atoms with Gasteiger partial charge in [0.05, 0.1) is 10.2 Å². The van der Waals surface area contributed by atoms with Crippen LogP contribution in [0.3, 0.4) is 0 Å². The van der Waals surface area contributed by atoms with Gasteiger partial charge in [0.15, 0.2) is 5.11 Å². The molecule has 30 heavy (non-hydrogen) atoms. The molecule has 0 amide bonds. The number of thiazole rings is 1. The van der Waals surface area contributed by atoms with Crippen LogP contribution in [0.15, 0.2) is 42.5 Å². The van der Waals surface area contributed by atoms with Crippen molar-refractivity contribution in [3.05, 3.63) is 48.0 Å². The number of aromatic nitrogens is 1. The topological polar surface area (TPSA) is 28.2 Å². The number of hydrogen-bond donors (Lipinski definition) is 1. The quantitative estimate of drug-likeness (QED) is 0.445. The molecule has 0 radical (unpaired) electrons. The van der Waals surface area contributed by atoms with Crippen LogP contribution in [0, 0.1) is 17.8 Å². The van der Waals surface area contributed by atoms with Gasteiger partial charge in [-0.15, -0.1) is 11.3 Å². The lowest BCUT2D eigenvalue weighted by Gasteiger charge is -2.39. The predicted molar refractivity (Wildman–Crippen MR) is 132 cm³/mol. The highest BCUT2D eigenvalue weighted by molar-refractivity contribution is 7.80. The highest BCUT2D eigenvalue weighted by Crippen LogP contribution is 2.52. The summed E-state index contributed by atoms with van der Waals surface area (Å²) in [7, 11) is 0.